The molecule has 228 valence electrons. The number of likely N-dealkylation sites (N-methyl/N-ethyl adjacent to an activating group) is 1. The highest BCUT2D eigenvalue weighted by Gasteiger charge is 2.33. The summed E-state index contributed by atoms with van der Waals surface area (Å²) in [5.41, 5.74) is 2.78. The van der Waals surface area contributed by atoms with Crippen LogP contribution in [-0.4, -0.2) is 99.1 Å². The Hall–Kier alpha value is -3.35. The number of anilines is 3. The van der Waals surface area contributed by atoms with Gasteiger partial charge in [0.25, 0.3) is 0 Å². The van der Waals surface area contributed by atoms with Crippen molar-refractivity contribution < 1.29 is 23.5 Å². The molecule has 0 saturated carbocycles. The first-order valence-corrected chi connectivity index (χ1v) is 14.9. The number of halogens is 1. The predicted octanol–water partition coefficient (Wildman–Crippen LogP) is 3.19. The maximum atomic E-state index is 15.1. The Morgan fingerprint density at radius 2 is 1.83 bits per heavy atom. The fourth-order valence-electron chi connectivity index (χ4n) is 5.10. The average molecular weight is 601 g/mol. The Kier molecular flexibility index (Phi) is 11.1. The number of carbonyl (C=O) groups excluding carboxylic acids is 3. The zero-order chi connectivity index (χ0) is 30.2. The number of carbonyl (C=O) groups is 3. The number of benzene rings is 2. The second-order valence-corrected chi connectivity index (χ2v) is 11.8. The molecule has 3 amide bonds. The van der Waals surface area contributed by atoms with Crippen LogP contribution < -0.4 is 20.4 Å². The Labute approximate surface area is 252 Å². The molecule has 2 N–H and O–H groups in total. The van der Waals surface area contributed by atoms with E-state index in [1.165, 1.54) is 11.0 Å². The first kappa shape index (κ1) is 31.6. The second-order valence-electron chi connectivity index (χ2n) is 11.0. The van der Waals surface area contributed by atoms with E-state index in [-0.39, 0.29) is 23.3 Å². The topological polar surface area (TPSA) is 97.5 Å². The van der Waals surface area contributed by atoms with E-state index < -0.39 is 11.9 Å². The maximum Gasteiger partial charge on any atom is 0.414 e. The van der Waals surface area contributed by atoms with Crippen LogP contribution in [0.15, 0.2) is 42.5 Å². The molecule has 2 aromatic carbocycles. The summed E-state index contributed by atoms with van der Waals surface area (Å²) in [7, 11) is 3.69. The quantitative estimate of drug-likeness (QED) is 0.254. The number of thiol groups is 1. The molecular formula is C30H41FN6O4S. The lowest BCUT2D eigenvalue weighted by Crippen LogP contribution is -2.49. The molecule has 2 aliphatic heterocycles. The van der Waals surface area contributed by atoms with Gasteiger partial charge in [-0.2, -0.15) is 12.6 Å². The van der Waals surface area contributed by atoms with Gasteiger partial charge in [0.2, 0.25) is 11.8 Å². The van der Waals surface area contributed by atoms with Crippen LogP contribution >= 0.6 is 12.6 Å². The number of ether oxygens (including phenoxy) is 1. The molecule has 10 nitrogen and oxygen atoms in total. The molecule has 0 radical (unpaired) electrons. The molecule has 0 aliphatic carbocycles. The van der Waals surface area contributed by atoms with Gasteiger partial charge in [0, 0.05) is 50.2 Å². The molecule has 2 atom stereocenters. The van der Waals surface area contributed by atoms with Gasteiger partial charge in [-0.3, -0.25) is 14.5 Å². The summed E-state index contributed by atoms with van der Waals surface area (Å²) in [4.78, 5) is 44.1. The van der Waals surface area contributed by atoms with E-state index in [9.17, 15) is 14.4 Å². The molecular weight excluding hydrogens is 559 g/mol. The van der Waals surface area contributed by atoms with Crippen molar-refractivity contribution in [3.63, 3.8) is 0 Å². The second kappa shape index (κ2) is 14.7. The minimum Gasteiger partial charge on any atom is -0.443 e. The highest BCUT2D eigenvalue weighted by molar-refractivity contribution is 7.80. The van der Waals surface area contributed by atoms with Crippen molar-refractivity contribution in [2.75, 3.05) is 75.0 Å². The summed E-state index contributed by atoms with van der Waals surface area (Å²) in [6.07, 6.45) is 1.12. The number of piperazine rings is 1. The van der Waals surface area contributed by atoms with Crippen LogP contribution in [0.2, 0.25) is 0 Å². The summed E-state index contributed by atoms with van der Waals surface area (Å²) >= 11 is 4.27. The summed E-state index contributed by atoms with van der Waals surface area (Å²) in [6.45, 7) is 5.15. The fourth-order valence-corrected chi connectivity index (χ4v) is 5.21. The van der Waals surface area contributed by atoms with Gasteiger partial charge in [0.05, 0.1) is 24.5 Å². The summed E-state index contributed by atoms with van der Waals surface area (Å²) in [5.74, 6) is -0.371. The van der Waals surface area contributed by atoms with E-state index in [0.29, 0.717) is 63.6 Å². The van der Waals surface area contributed by atoms with E-state index in [0.717, 1.165) is 24.1 Å². The van der Waals surface area contributed by atoms with Gasteiger partial charge >= 0.3 is 6.09 Å². The van der Waals surface area contributed by atoms with E-state index >= 15 is 4.39 Å². The normalized spacial score (nSPS) is 17.9. The standard InChI is InChI=1S/C30H41FN6O4S/c1-21(42)32-18-25-19-37(30(40)41-25)24-11-12-27(26(31)17-24)35-13-15-36(16-14-35)29(39)6-4-5-22-7-9-23(10-8-22)33-28(38)20-34(2)3/h7-12,17,21,25,32,42H,4-6,13-16,18-20H2,1-3H3,(H,33,38). The zero-order valence-corrected chi connectivity index (χ0v) is 25.4. The van der Waals surface area contributed by atoms with Gasteiger partial charge in [-0.1, -0.05) is 12.1 Å². The lowest BCUT2D eigenvalue weighted by molar-refractivity contribution is -0.131. The third-order valence-electron chi connectivity index (χ3n) is 7.28. The molecule has 2 aliphatic rings. The first-order chi connectivity index (χ1) is 20.1. The largest absolute Gasteiger partial charge is 0.443 e. The molecule has 2 heterocycles. The SMILES string of the molecule is CC(S)NCC1CN(c2ccc(N3CCN(C(=O)CCCc4ccc(NC(=O)CN(C)C)cc4)CC3)c(F)c2)C(=O)O1. The predicted molar refractivity (Wildman–Crippen MR) is 166 cm³/mol. The van der Waals surface area contributed by atoms with Crippen molar-refractivity contribution in [1.29, 1.82) is 0 Å². The first-order valence-electron chi connectivity index (χ1n) is 14.3. The van der Waals surface area contributed by atoms with Crippen molar-refractivity contribution >= 4 is 47.6 Å². The van der Waals surface area contributed by atoms with Crippen molar-refractivity contribution in [3.05, 3.63) is 53.8 Å². The van der Waals surface area contributed by atoms with Crippen molar-refractivity contribution in [2.45, 2.75) is 37.7 Å². The van der Waals surface area contributed by atoms with E-state index in [1.54, 1.807) is 12.1 Å². The fraction of sp³-hybridized carbons (Fsp3) is 0.500. The van der Waals surface area contributed by atoms with Crippen molar-refractivity contribution in [3.8, 4) is 0 Å². The summed E-state index contributed by atoms with van der Waals surface area (Å²) in [6, 6.07) is 12.5. The maximum absolute atomic E-state index is 15.1. The third kappa shape index (κ3) is 8.83. The smallest absolute Gasteiger partial charge is 0.414 e. The molecule has 0 spiro atoms. The van der Waals surface area contributed by atoms with E-state index in [1.807, 2.05) is 60.0 Å². The summed E-state index contributed by atoms with van der Waals surface area (Å²) in [5, 5.41) is 5.97. The number of cyclic esters (lactones) is 1. The Balaban J connectivity index is 1.20. The van der Waals surface area contributed by atoms with Crippen LogP contribution in [0.4, 0.5) is 26.2 Å². The van der Waals surface area contributed by atoms with Crippen LogP contribution in [0.5, 0.6) is 0 Å². The van der Waals surface area contributed by atoms with Crippen LogP contribution in [0, 0.1) is 5.82 Å². The van der Waals surface area contributed by atoms with E-state index in [2.05, 4.69) is 23.3 Å². The molecule has 2 fully saturated rings. The Morgan fingerprint density at radius 1 is 1.12 bits per heavy atom. The van der Waals surface area contributed by atoms with Gasteiger partial charge in [0.1, 0.15) is 11.9 Å². The molecule has 2 saturated heterocycles. The number of aryl methyl sites for hydroxylation is 1. The monoisotopic (exact) mass is 600 g/mol. The van der Waals surface area contributed by atoms with Crippen LogP contribution in [-0.2, 0) is 20.7 Å². The molecule has 2 unspecified atom stereocenters. The molecule has 0 aromatic heterocycles. The van der Waals surface area contributed by atoms with Crippen LogP contribution in [0.3, 0.4) is 0 Å². The minimum atomic E-state index is -0.492. The van der Waals surface area contributed by atoms with Gasteiger partial charge in [-0.15, -0.1) is 0 Å². The average Bonchev–Trinajstić information content (AvgIpc) is 3.32. The van der Waals surface area contributed by atoms with Crippen molar-refractivity contribution in [1.82, 2.24) is 15.1 Å². The van der Waals surface area contributed by atoms with Crippen LogP contribution in [0.25, 0.3) is 0 Å². The van der Waals surface area contributed by atoms with Crippen LogP contribution in [0.1, 0.15) is 25.3 Å². The van der Waals surface area contributed by atoms with Gasteiger partial charge in [-0.05, 0) is 69.8 Å². The number of hydrogen-bond acceptors (Lipinski definition) is 8. The lowest BCUT2D eigenvalue weighted by Gasteiger charge is -2.36. The number of nitrogens with one attached hydrogen (secondary N) is 2. The highest BCUT2D eigenvalue weighted by Crippen LogP contribution is 2.28. The van der Waals surface area contributed by atoms with Gasteiger partial charge < -0.3 is 30.1 Å². The molecule has 2 aromatic rings. The molecule has 42 heavy (non-hydrogen) atoms. The van der Waals surface area contributed by atoms with E-state index in [4.69, 9.17) is 4.74 Å². The molecule has 4 rings (SSSR count). The summed E-state index contributed by atoms with van der Waals surface area (Å²) < 4.78 is 20.5. The molecule has 0 bridgehead atoms. The third-order valence-corrected chi connectivity index (χ3v) is 7.47. The number of amides is 3. The number of nitrogens with zero attached hydrogens (tertiary/aromatic N) is 4. The van der Waals surface area contributed by atoms with Gasteiger partial charge in [0.15, 0.2) is 0 Å². The lowest BCUT2D eigenvalue weighted by atomic mass is 10.1. The number of hydrogen-bond donors (Lipinski definition) is 3. The highest BCUT2D eigenvalue weighted by atomic mass is 32.1. The Morgan fingerprint density at radius 3 is 2.48 bits per heavy atom. The molecule has 12 heteroatoms. The minimum absolute atomic E-state index is 0.0239. The Bertz CT molecular complexity index is 1240. The van der Waals surface area contributed by atoms with Gasteiger partial charge in [-0.25, -0.2) is 9.18 Å². The zero-order valence-electron chi connectivity index (χ0n) is 24.5. The number of rotatable bonds is 12. The van der Waals surface area contributed by atoms with Crippen molar-refractivity contribution in [2.24, 2.45) is 0 Å².